The molecule has 1 aromatic carbocycles. The van der Waals surface area contributed by atoms with Gasteiger partial charge in [-0.1, -0.05) is 31.5 Å². The third kappa shape index (κ3) is 1.93. The average Bonchev–Trinajstić information content (AvgIpc) is 2.73. The second kappa shape index (κ2) is 4.88. The Balaban J connectivity index is 2.33. The molecular formula is C17H18N2. The Labute approximate surface area is 113 Å². The fourth-order valence-electron chi connectivity index (χ4n) is 2.83. The van der Waals surface area contributed by atoms with E-state index in [4.69, 9.17) is 0 Å². The molecule has 0 amide bonds. The SMILES string of the molecule is CCCc1c(C)n(-c2ccncc2)c2ccccc12. The molecule has 2 heteroatoms. The molecule has 3 aromatic rings. The molecular weight excluding hydrogens is 232 g/mol. The van der Waals surface area contributed by atoms with Crippen LogP contribution in [0, 0.1) is 6.92 Å². The van der Waals surface area contributed by atoms with Gasteiger partial charge in [0.15, 0.2) is 0 Å². The first kappa shape index (κ1) is 12.0. The number of hydrogen-bond acceptors (Lipinski definition) is 1. The molecule has 0 atom stereocenters. The van der Waals surface area contributed by atoms with Gasteiger partial charge in [0.2, 0.25) is 0 Å². The smallest absolute Gasteiger partial charge is 0.0534 e. The minimum absolute atomic E-state index is 1.13. The van der Waals surface area contributed by atoms with Gasteiger partial charge in [-0.15, -0.1) is 0 Å². The van der Waals surface area contributed by atoms with Crippen molar-refractivity contribution in [2.75, 3.05) is 0 Å². The summed E-state index contributed by atoms with van der Waals surface area (Å²) in [5.41, 5.74) is 5.28. The van der Waals surface area contributed by atoms with Gasteiger partial charge in [-0.25, -0.2) is 0 Å². The first-order valence-electron chi connectivity index (χ1n) is 6.82. The molecule has 0 fully saturated rings. The summed E-state index contributed by atoms with van der Waals surface area (Å²) in [4.78, 5) is 4.11. The zero-order chi connectivity index (χ0) is 13.2. The lowest BCUT2D eigenvalue weighted by Crippen LogP contribution is -1.97. The molecule has 0 spiro atoms. The van der Waals surface area contributed by atoms with Crippen molar-refractivity contribution < 1.29 is 0 Å². The highest BCUT2D eigenvalue weighted by Crippen LogP contribution is 2.29. The van der Waals surface area contributed by atoms with Crippen molar-refractivity contribution in [2.24, 2.45) is 0 Å². The van der Waals surface area contributed by atoms with E-state index >= 15 is 0 Å². The Morgan fingerprint density at radius 2 is 1.79 bits per heavy atom. The maximum absolute atomic E-state index is 4.11. The minimum atomic E-state index is 1.13. The summed E-state index contributed by atoms with van der Waals surface area (Å²) in [6, 6.07) is 12.8. The Kier molecular flexibility index (Phi) is 3.08. The van der Waals surface area contributed by atoms with Gasteiger partial charge in [0.25, 0.3) is 0 Å². The Bertz CT molecular complexity index is 696. The molecule has 0 saturated heterocycles. The van der Waals surface area contributed by atoms with Crippen molar-refractivity contribution in [3.8, 4) is 5.69 Å². The second-order valence-corrected chi connectivity index (χ2v) is 4.87. The van der Waals surface area contributed by atoms with Crippen molar-refractivity contribution in [3.63, 3.8) is 0 Å². The maximum Gasteiger partial charge on any atom is 0.0534 e. The quantitative estimate of drug-likeness (QED) is 0.678. The van der Waals surface area contributed by atoms with Crippen molar-refractivity contribution in [3.05, 3.63) is 60.0 Å². The lowest BCUT2D eigenvalue weighted by Gasteiger charge is -2.08. The molecule has 3 rings (SSSR count). The first-order chi connectivity index (χ1) is 9.33. The van der Waals surface area contributed by atoms with Crippen LogP contribution in [0.3, 0.4) is 0 Å². The monoisotopic (exact) mass is 250 g/mol. The van der Waals surface area contributed by atoms with Crippen LogP contribution in [0.4, 0.5) is 0 Å². The van der Waals surface area contributed by atoms with E-state index in [2.05, 4.69) is 59.8 Å². The van der Waals surface area contributed by atoms with Gasteiger partial charge in [-0.2, -0.15) is 0 Å². The van der Waals surface area contributed by atoms with Crippen LogP contribution in [0.1, 0.15) is 24.6 Å². The fourth-order valence-corrected chi connectivity index (χ4v) is 2.83. The van der Waals surface area contributed by atoms with Crippen molar-refractivity contribution >= 4 is 10.9 Å². The van der Waals surface area contributed by atoms with Crippen LogP contribution in [-0.2, 0) is 6.42 Å². The van der Waals surface area contributed by atoms with E-state index in [0.29, 0.717) is 0 Å². The maximum atomic E-state index is 4.11. The predicted molar refractivity (Wildman–Crippen MR) is 79.8 cm³/mol. The van der Waals surface area contributed by atoms with Gasteiger partial charge in [-0.05, 0) is 37.1 Å². The molecule has 0 radical (unpaired) electrons. The minimum Gasteiger partial charge on any atom is -0.313 e. The Morgan fingerprint density at radius 3 is 2.53 bits per heavy atom. The van der Waals surface area contributed by atoms with Crippen molar-refractivity contribution in [1.82, 2.24) is 9.55 Å². The third-order valence-electron chi connectivity index (χ3n) is 3.66. The van der Waals surface area contributed by atoms with E-state index in [1.165, 1.54) is 34.3 Å². The Morgan fingerprint density at radius 1 is 1.05 bits per heavy atom. The van der Waals surface area contributed by atoms with E-state index in [1.807, 2.05) is 12.4 Å². The third-order valence-corrected chi connectivity index (χ3v) is 3.66. The molecule has 2 heterocycles. The summed E-state index contributed by atoms with van der Waals surface area (Å²) in [6.07, 6.45) is 6.00. The normalized spacial score (nSPS) is 11.1. The number of pyridine rings is 1. The second-order valence-electron chi connectivity index (χ2n) is 4.87. The molecule has 0 unspecified atom stereocenters. The number of aromatic nitrogens is 2. The molecule has 0 aliphatic rings. The summed E-state index contributed by atoms with van der Waals surface area (Å²) in [7, 11) is 0. The van der Waals surface area contributed by atoms with Gasteiger partial charge in [0.1, 0.15) is 0 Å². The summed E-state index contributed by atoms with van der Waals surface area (Å²) >= 11 is 0. The first-order valence-corrected chi connectivity index (χ1v) is 6.82. The molecule has 2 nitrogen and oxygen atoms in total. The van der Waals surface area contributed by atoms with Crippen LogP contribution >= 0.6 is 0 Å². The predicted octanol–water partition coefficient (Wildman–Crippen LogP) is 4.29. The van der Waals surface area contributed by atoms with Gasteiger partial charge < -0.3 is 4.57 Å². The van der Waals surface area contributed by atoms with Gasteiger partial charge >= 0.3 is 0 Å². The highest BCUT2D eigenvalue weighted by molar-refractivity contribution is 5.87. The highest BCUT2D eigenvalue weighted by Gasteiger charge is 2.13. The summed E-state index contributed by atoms with van der Waals surface area (Å²) in [5.74, 6) is 0. The zero-order valence-corrected chi connectivity index (χ0v) is 11.4. The average molecular weight is 250 g/mol. The largest absolute Gasteiger partial charge is 0.313 e. The lowest BCUT2D eigenvalue weighted by molar-refractivity contribution is 0.903. The van der Waals surface area contributed by atoms with Crippen LogP contribution in [0.15, 0.2) is 48.8 Å². The highest BCUT2D eigenvalue weighted by atomic mass is 15.0. The Hall–Kier alpha value is -2.09. The van der Waals surface area contributed by atoms with E-state index < -0.39 is 0 Å². The van der Waals surface area contributed by atoms with Crippen molar-refractivity contribution in [2.45, 2.75) is 26.7 Å². The number of nitrogens with zero attached hydrogens (tertiary/aromatic N) is 2. The molecule has 19 heavy (non-hydrogen) atoms. The van der Waals surface area contributed by atoms with Crippen LogP contribution in [0.25, 0.3) is 16.6 Å². The number of fused-ring (bicyclic) bond motifs is 1. The number of hydrogen-bond donors (Lipinski definition) is 0. The molecule has 0 bridgehead atoms. The van der Waals surface area contributed by atoms with E-state index in [-0.39, 0.29) is 0 Å². The van der Waals surface area contributed by atoms with Gasteiger partial charge in [-0.3, -0.25) is 4.98 Å². The lowest BCUT2D eigenvalue weighted by atomic mass is 10.1. The topological polar surface area (TPSA) is 17.8 Å². The molecule has 96 valence electrons. The van der Waals surface area contributed by atoms with Crippen molar-refractivity contribution in [1.29, 1.82) is 0 Å². The molecule has 0 aliphatic carbocycles. The number of para-hydroxylation sites is 1. The summed E-state index contributed by atoms with van der Waals surface area (Å²) < 4.78 is 2.34. The van der Waals surface area contributed by atoms with Crippen LogP contribution in [0.2, 0.25) is 0 Å². The van der Waals surface area contributed by atoms with Crippen LogP contribution < -0.4 is 0 Å². The molecule has 0 N–H and O–H groups in total. The zero-order valence-electron chi connectivity index (χ0n) is 11.4. The molecule has 0 saturated carbocycles. The number of aryl methyl sites for hydroxylation is 1. The van der Waals surface area contributed by atoms with Gasteiger partial charge in [0.05, 0.1) is 5.52 Å². The van der Waals surface area contributed by atoms with E-state index in [0.717, 1.165) is 6.42 Å². The summed E-state index contributed by atoms with van der Waals surface area (Å²) in [5, 5.41) is 1.37. The standard InChI is InChI=1S/C17H18N2/c1-3-6-15-13(2)19(14-9-11-18-12-10-14)17-8-5-4-7-16(15)17/h4-5,7-12H,3,6H2,1-2H3. The fraction of sp³-hybridized carbons (Fsp3) is 0.235. The molecule has 2 aromatic heterocycles. The number of rotatable bonds is 3. The van der Waals surface area contributed by atoms with E-state index in [9.17, 15) is 0 Å². The van der Waals surface area contributed by atoms with Crippen LogP contribution in [-0.4, -0.2) is 9.55 Å². The molecule has 0 aliphatic heterocycles. The number of benzene rings is 1. The van der Waals surface area contributed by atoms with Crippen LogP contribution in [0.5, 0.6) is 0 Å². The van der Waals surface area contributed by atoms with E-state index in [1.54, 1.807) is 0 Å². The van der Waals surface area contributed by atoms with Gasteiger partial charge in [0, 0.05) is 29.2 Å². The summed E-state index contributed by atoms with van der Waals surface area (Å²) in [6.45, 7) is 4.45.